The molecule has 302 valence electrons. The van der Waals surface area contributed by atoms with E-state index in [1.54, 1.807) is 44.5 Å². The maximum Gasteiger partial charge on any atom is 0.259 e. The average molecular weight is 811 g/mol. The van der Waals surface area contributed by atoms with Gasteiger partial charge in [0.1, 0.15) is 44.3 Å². The van der Waals surface area contributed by atoms with E-state index in [-0.39, 0.29) is 23.7 Å². The van der Waals surface area contributed by atoms with Crippen molar-refractivity contribution in [2.24, 2.45) is 0 Å². The van der Waals surface area contributed by atoms with Gasteiger partial charge in [0.15, 0.2) is 0 Å². The number of fused-ring (bicyclic) bond motifs is 1. The normalized spacial score (nSPS) is 13.4. The zero-order chi connectivity index (χ0) is 41.0. The van der Waals surface area contributed by atoms with Crippen LogP contribution in [0.1, 0.15) is 29.8 Å². The molecule has 1 aliphatic heterocycles. The van der Waals surface area contributed by atoms with Gasteiger partial charge in [-0.15, -0.1) is 0 Å². The summed E-state index contributed by atoms with van der Waals surface area (Å²) in [5, 5.41) is 5.73. The molecule has 0 aliphatic carbocycles. The van der Waals surface area contributed by atoms with Gasteiger partial charge in [-0.05, 0) is 73.5 Å². The molecule has 6 aromatic rings. The van der Waals surface area contributed by atoms with Gasteiger partial charge in [0.05, 0.1) is 47.8 Å². The van der Waals surface area contributed by atoms with Gasteiger partial charge in [0, 0.05) is 68.7 Å². The molecular weight excluding hydrogens is 767 g/mol. The molecule has 2 N–H and O–H groups in total. The summed E-state index contributed by atoms with van der Waals surface area (Å²) in [4.78, 5) is 32.5. The molecule has 0 radical (unpaired) electrons. The van der Waals surface area contributed by atoms with Crippen LogP contribution in [0.3, 0.4) is 0 Å². The molecule has 16 heteroatoms. The number of carbonyl (C=O) groups excluding carboxylic acids is 1. The number of piperazine rings is 1. The number of hydrogen-bond acceptors (Lipinski definition) is 11. The number of para-hydroxylation sites is 1. The van der Waals surface area contributed by atoms with Gasteiger partial charge in [0.2, 0.25) is 5.95 Å². The van der Waals surface area contributed by atoms with E-state index in [4.69, 9.17) is 19.4 Å². The first-order valence-electron chi connectivity index (χ1n) is 18.9. The van der Waals surface area contributed by atoms with Crippen LogP contribution in [0.5, 0.6) is 11.5 Å². The SMILES string of the molecule is CCOc1ccc(-c2nc3ccccn3c2-c2ccnc(Nc3cc(CC)c(N4CCN(CCS(C)(=O)=O)CC4)cc3OC)n2)cc1C(=O)Nc1c(F)cccc1F. The molecule has 7 rings (SSSR count). The Bertz CT molecular complexity index is 2560. The Morgan fingerprint density at radius 3 is 2.40 bits per heavy atom. The molecule has 0 bridgehead atoms. The Labute approximate surface area is 335 Å². The molecule has 0 saturated carbocycles. The van der Waals surface area contributed by atoms with Gasteiger partial charge in [0.25, 0.3) is 5.91 Å². The number of nitrogens with zero attached hydrogens (tertiary/aromatic N) is 6. The largest absolute Gasteiger partial charge is 0.494 e. The quantitative estimate of drug-likeness (QED) is 0.119. The molecule has 4 heterocycles. The Balaban J connectivity index is 1.20. The van der Waals surface area contributed by atoms with Crippen LogP contribution in [0.2, 0.25) is 0 Å². The lowest BCUT2D eigenvalue weighted by Gasteiger charge is -2.37. The van der Waals surface area contributed by atoms with E-state index < -0.39 is 33.1 Å². The van der Waals surface area contributed by atoms with E-state index in [9.17, 15) is 22.0 Å². The van der Waals surface area contributed by atoms with Crippen molar-refractivity contribution in [1.29, 1.82) is 0 Å². The van der Waals surface area contributed by atoms with E-state index in [1.807, 2.05) is 40.9 Å². The number of halogens is 2. The lowest BCUT2D eigenvalue weighted by Crippen LogP contribution is -2.47. The lowest BCUT2D eigenvalue weighted by molar-refractivity contribution is 0.102. The molecular formula is C42H44F2N8O5S. The third kappa shape index (κ3) is 8.72. The van der Waals surface area contributed by atoms with Crippen molar-refractivity contribution in [2.45, 2.75) is 20.3 Å². The average Bonchev–Trinajstić information content (AvgIpc) is 3.61. The van der Waals surface area contributed by atoms with Gasteiger partial charge in [-0.25, -0.2) is 32.2 Å². The van der Waals surface area contributed by atoms with Crippen molar-refractivity contribution < 1.29 is 31.5 Å². The Hall–Kier alpha value is -6.13. The number of ether oxygens (including phenoxy) is 2. The first kappa shape index (κ1) is 40.1. The van der Waals surface area contributed by atoms with Gasteiger partial charge in [-0.3, -0.25) is 14.1 Å². The molecule has 3 aromatic carbocycles. The molecule has 1 aliphatic rings. The highest BCUT2D eigenvalue weighted by atomic mass is 32.2. The van der Waals surface area contributed by atoms with E-state index in [2.05, 4.69) is 32.3 Å². The van der Waals surface area contributed by atoms with Crippen LogP contribution in [0.15, 0.2) is 85.2 Å². The number of nitrogens with one attached hydrogen (secondary N) is 2. The summed E-state index contributed by atoms with van der Waals surface area (Å²) in [5.41, 5.74) is 5.13. The smallest absolute Gasteiger partial charge is 0.259 e. The summed E-state index contributed by atoms with van der Waals surface area (Å²) in [6.07, 6.45) is 5.52. The predicted octanol–water partition coefficient (Wildman–Crippen LogP) is 6.87. The zero-order valence-electron chi connectivity index (χ0n) is 32.6. The minimum absolute atomic E-state index is 0.0612. The molecule has 1 amide bonds. The van der Waals surface area contributed by atoms with Gasteiger partial charge in [-0.1, -0.05) is 19.1 Å². The monoisotopic (exact) mass is 810 g/mol. The fourth-order valence-corrected chi connectivity index (χ4v) is 7.60. The highest BCUT2D eigenvalue weighted by Gasteiger charge is 2.24. The Morgan fingerprint density at radius 1 is 0.914 bits per heavy atom. The molecule has 1 fully saturated rings. The van der Waals surface area contributed by atoms with E-state index in [0.29, 0.717) is 52.2 Å². The molecule has 0 spiro atoms. The number of anilines is 4. The topological polar surface area (TPSA) is 143 Å². The maximum atomic E-state index is 14.5. The van der Waals surface area contributed by atoms with Crippen molar-refractivity contribution >= 4 is 44.4 Å². The van der Waals surface area contributed by atoms with Crippen molar-refractivity contribution in [3.63, 3.8) is 0 Å². The molecule has 0 unspecified atom stereocenters. The fourth-order valence-electron chi connectivity index (χ4n) is 7.01. The summed E-state index contributed by atoms with van der Waals surface area (Å²) in [6.45, 7) is 7.66. The van der Waals surface area contributed by atoms with Gasteiger partial charge < -0.3 is 25.0 Å². The molecule has 0 atom stereocenters. The van der Waals surface area contributed by atoms with Crippen molar-refractivity contribution in [2.75, 3.05) is 74.0 Å². The summed E-state index contributed by atoms with van der Waals surface area (Å²) >= 11 is 0. The van der Waals surface area contributed by atoms with Crippen LogP contribution in [-0.2, 0) is 16.3 Å². The number of imidazole rings is 1. The molecule has 3 aromatic heterocycles. The first-order valence-corrected chi connectivity index (χ1v) is 21.0. The highest BCUT2D eigenvalue weighted by Crippen LogP contribution is 2.38. The van der Waals surface area contributed by atoms with E-state index in [0.717, 1.165) is 56.0 Å². The second-order valence-electron chi connectivity index (χ2n) is 13.8. The highest BCUT2D eigenvalue weighted by molar-refractivity contribution is 7.90. The number of benzene rings is 3. The third-order valence-electron chi connectivity index (χ3n) is 9.95. The predicted molar refractivity (Wildman–Crippen MR) is 221 cm³/mol. The number of aromatic nitrogens is 4. The van der Waals surface area contributed by atoms with Crippen LogP contribution < -0.4 is 25.0 Å². The second kappa shape index (κ2) is 17.2. The minimum Gasteiger partial charge on any atom is -0.494 e. The van der Waals surface area contributed by atoms with Crippen LogP contribution >= 0.6 is 0 Å². The number of aryl methyl sites for hydroxylation is 1. The van der Waals surface area contributed by atoms with Crippen molar-refractivity contribution in [1.82, 2.24) is 24.3 Å². The number of amides is 1. The van der Waals surface area contributed by atoms with E-state index >= 15 is 0 Å². The van der Waals surface area contributed by atoms with Crippen molar-refractivity contribution in [3.8, 4) is 34.1 Å². The minimum atomic E-state index is -3.03. The summed E-state index contributed by atoms with van der Waals surface area (Å²) in [7, 11) is -1.42. The van der Waals surface area contributed by atoms with Crippen LogP contribution in [0.4, 0.5) is 31.8 Å². The zero-order valence-corrected chi connectivity index (χ0v) is 33.4. The standard InChI is InChI=1S/C42H44F2N8O5S/c1-5-27-25-33(36(56-3)26-34(27)51-20-18-50(19-21-51)22-23-58(4,54)55)47-42-45-16-15-32(46-42)40-38(48-37-12-7-8-17-52(37)40)28-13-14-35(57-6-2)29(24-28)41(53)49-39-30(43)10-9-11-31(39)44/h7-17,24-26H,5-6,18-23H2,1-4H3,(H,49,53)(H,45,46,47). The number of hydrogen-bond donors (Lipinski definition) is 2. The molecule has 58 heavy (non-hydrogen) atoms. The Kier molecular flexibility index (Phi) is 11.9. The molecule has 1 saturated heterocycles. The summed E-state index contributed by atoms with van der Waals surface area (Å²) in [5.74, 6) is -1.28. The summed E-state index contributed by atoms with van der Waals surface area (Å²) < 4.78 is 66.0. The maximum absolute atomic E-state index is 14.5. The fraction of sp³-hybridized carbons (Fsp3) is 0.286. The summed E-state index contributed by atoms with van der Waals surface area (Å²) in [6, 6.07) is 19.7. The van der Waals surface area contributed by atoms with Crippen LogP contribution in [0.25, 0.3) is 28.3 Å². The van der Waals surface area contributed by atoms with Crippen LogP contribution in [0, 0.1) is 11.6 Å². The third-order valence-corrected chi connectivity index (χ3v) is 10.9. The number of rotatable bonds is 14. The Morgan fingerprint density at radius 2 is 1.69 bits per heavy atom. The molecule has 13 nitrogen and oxygen atoms in total. The second-order valence-corrected chi connectivity index (χ2v) is 16.1. The first-order chi connectivity index (χ1) is 28.0. The van der Waals surface area contributed by atoms with Gasteiger partial charge in [-0.2, -0.15) is 0 Å². The lowest BCUT2D eigenvalue weighted by atomic mass is 10.0. The number of carbonyl (C=O) groups is 1. The number of methoxy groups -OCH3 is 1. The van der Waals surface area contributed by atoms with Crippen molar-refractivity contribution in [3.05, 3.63) is 108 Å². The number of pyridine rings is 1. The van der Waals surface area contributed by atoms with Gasteiger partial charge >= 0.3 is 0 Å². The van der Waals surface area contributed by atoms with E-state index in [1.165, 1.54) is 12.3 Å². The number of sulfone groups is 1. The van der Waals surface area contributed by atoms with Crippen LogP contribution in [-0.4, -0.2) is 97.0 Å².